The van der Waals surface area contributed by atoms with E-state index in [0.29, 0.717) is 47.5 Å². The van der Waals surface area contributed by atoms with Gasteiger partial charge in [0.05, 0.1) is 36.3 Å². The Morgan fingerprint density at radius 2 is 1.97 bits per heavy atom. The number of fused-ring (bicyclic) bond motifs is 1. The standard InChI is InChI=1S/C22H19N3O7/c1-29-15-3-5-17(18(12-15)25(27)28)19-7-4-16(32-19)13-23-24-22(26)11-14-2-6-20-21(10-14)31-9-8-30-20/h2-7,10,12-13H,8-9,11H2,1H3,(H,24,26)/b23-13-. The largest absolute Gasteiger partial charge is 0.497 e. The maximum absolute atomic E-state index is 12.2. The Balaban J connectivity index is 1.39. The summed E-state index contributed by atoms with van der Waals surface area (Å²) in [6, 6.07) is 13.0. The maximum Gasteiger partial charge on any atom is 0.284 e. The van der Waals surface area contributed by atoms with Gasteiger partial charge < -0.3 is 18.6 Å². The van der Waals surface area contributed by atoms with Gasteiger partial charge in [0, 0.05) is 0 Å². The number of carbonyl (C=O) groups excluding carboxylic acids is 1. The number of methoxy groups -OCH3 is 1. The number of hydrogen-bond acceptors (Lipinski definition) is 8. The second-order valence-corrected chi connectivity index (χ2v) is 6.79. The Kier molecular flexibility index (Phi) is 6.02. The van der Waals surface area contributed by atoms with Crippen LogP contribution in [0.1, 0.15) is 11.3 Å². The van der Waals surface area contributed by atoms with E-state index in [-0.39, 0.29) is 18.0 Å². The van der Waals surface area contributed by atoms with E-state index in [1.54, 1.807) is 42.5 Å². The van der Waals surface area contributed by atoms with Crippen LogP contribution in [-0.4, -0.2) is 37.4 Å². The molecule has 0 atom stereocenters. The maximum atomic E-state index is 12.2. The van der Waals surface area contributed by atoms with E-state index in [9.17, 15) is 14.9 Å². The molecule has 0 aliphatic carbocycles. The molecule has 0 fully saturated rings. The molecule has 10 nitrogen and oxygen atoms in total. The van der Waals surface area contributed by atoms with Crippen molar-refractivity contribution in [1.82, 2.24) is 5.43 Å². The number of hydrogen-bond donors (Lipinski definition) is 1. The summed E-state index contributed by atoms with van der Waals surface area (Å²) in [7, 11) is 1.43. The molecule has 0 spiro atoms. The van der Waals surface area contributed by atoms with Gasteiger partial charge in [-0.15, -0.1) is 0 Å². The van der Waals surface area contributed by atoms with E-state index in [1.807, 2.05) is 0 Å². The number of rotatable bonds is 7. The molecule has 3 aromatic rings. The molecule has 32 heavy (non-hydrogen) atoms. The fourth-order valence-electron chi connectivity index (χ4n) is 3.16. The molecule has 1 amide bonds. The zero-order valence-electron chi connectivity index (χ0n) is 17.1. The molecule has 1 aromatic heterocycles. The van der Waals surface area contributed by atoms with Crippen molar-refractivity contribution in [2.75, 3.05) is 20.3 Å². The molecule has 2 heterocycles. The average Bonchev–Trinajstić information content (AvgIpc) is 3.27. The van der Waals surface area contributed by atoms with E-state index in [0.717, 1.165) is 5.56 Å². The van der Waals surface area contributed by atoms with E-state index in [4.69, 9.17) is 18.6 Å². The van der Waals surface area contributed by atoms with Gasteiger partial charge >= 0.3 is 0 Å². The molecular weight excluding hydrogens is 418 g/mol. The van der Waals surface area contributed by atoms with Crippen molar-refractivity contribution in [1.29, 1.82) is 0 Å². The van der Waals surface area contributed by atoms with Crippen molar-refractivity contribution in [2.45, 2.75) is 6.42 Å². The van der Waals surface area contributed by atoms with Crippen molar-refractivity contribution in [3.63, 3.8) is 0 Å². The first-order chi connectivity index (χ1) is 15.5. The van der Waals surface area contributed by atoms with Gasteiger partial charge in [0.25, 0.3) is 5.69 Å². The van der Waals surface area contributed by atoms with Crippen LogP contribution >= 0.6 is 0 Å². The van der Waals surface area contributed by atoms with Crippen molar-refractivity contribution >= 4 is 17.8 Å². The monoisotopic (exact) mass is 437 g/mol. The SMILES string of the molecule is COc1ccc(-c2ccc(/C=N\NC(=O)Cc3ccc4c(c3)OCCO4)o2)c([N+](=O)[O-])c1. The van der Waals surface area contributed by atoms with Crippen molar-refractivity contribution in [3.8, 4) is 28.6 Å². The molecule has 0 unspecified atom stereocenters. The van der Waals surface area contributed by atoms with Gasteiger partial charge in [0.2, 0.25) is 5.91 Å². The average molecular weight is 437 g/mol. The highest BCUT2D eigenvalue weighted by Gasteiger charge is 2.19. The Morgan fingerprint density at radius 3 is 2.75 bits per heavy atom. The number of nitro benzene ring substituents is 1. The summed E-state index contributed by atoms with van der Waals surface area (Å²) in [4.78, 5) is 23.0. The predicted octanol–water partition coefficient (Wildman–Crippen LogP) is 3.33. The molecule has 2 aromatic carbocycles. The smallest absolute Gasteiger partial charge is 0.284 e. The summed E-state index contributed by atoms with van der Waals surface area (Å²) < 4.78 is 21.6. The Labute approximate surface area is 182 Å². The fraction of sp³-hybridized carbons (Fsp3) is 0.182. The minimum atomic E-state index is -0.508. The zero-order valence-corrected chi connectivity index (χ0v) is 17.1. The number of hydrazone groups is 1. The third-order valence-electron chi connectivity index (χ3n) is 4.65. The van der Waals surface area contributed by atoms with Gasteiger partial charge in [-0.3, -0.25) is 14.9 Å². The quantitative estimate of drug-likeness (QED) is 0.341. The van der Waals surface area contributed by atoms with E-state index < -0.39 is 4.92 Å². The lowest BCUT2D eigenvalue weighted by Crippen LogP contribution is -2.20. The second-order valence-electron chi connectivity index (χ2n) is 6.79. The number of nitrogens with zero attached hydrogens (tertiary/aromatic N) is 2. The van der Waals surface area contributed by atoms with Crippen molar-refractivity contribution < 1.29 is 28.3 Å². The molecule has 4 rings (SSSR count). The van der Waals surface area contributed by atoms with Crippen molar-refractivity contribution in [2.24, 2.45) is 5.10 Å². The predicted molar refractivity (Wildman–Crippen MR) is 114 cm³/mol. The Hall–Kier alpha value is -4.34. The molecule has 1 aliphatic rings. The van der Waals surface area contributed by atoms with Crippen LogP contribution in [0.25, 0.3) is 11.3 Å². The Morgan fingerprint density at radius 1 is 1.16 bits per heavy atom. The fourth-order valence-corrected chi connectivity index (χ4v) is 3.16. The molecular formula is C22H19N3O7. The van der Waals surface area contributed by atoms with Crippen molar-refractivity contribution in [3.05, 3.63) is 70.0 Å². The highest BCUT2D eigenvalue weighted by atomic mass is 16.6. The first kappa shape index (κ1) is 20.9. The van der Waals surface area contributed by atoms with E-state index >= 15 is 0 Å². The minimum Gasteiger partial charge on any atom is -0.497 e. The highest BCUT2D eigenvalue weighted by molar-refractivity contribution is 5.82. The summed E-state index contributed by atoms with van der Waals surface area (Å²) in [5, 5.41) is 15.3. The summed E-state index contributed by atoms with van der Waals surface area (Å²) in [5.74, 6) is 1.93. The molecule has 0 saturated carbocycles. The lowest BCUT2D eigenvalue weighted by atomic mass is 10.1. The van der Waals surface area contributed by atoms with Crippen LogP contribution in [0.3, 0.4) is 0 Å². The number of nitro groups is 1. The molecule has 10 heteroatoms. The van der Waals surface area contributed by atoms with Crippen LogP contribution in [0, 0.1) is 10.1 Å². The van der Waals surface area contributed by atoms with E-state index in [1.165, 1.54) is 19.4 Å². The molecule has 0 bridgehead atoms. The molecule has 164 valence electrons. The molecule has 0 radical (unpaired) electrons. The second kappa shape index (κ2) is 9.21. The van der Waals surface area contributed by atoms with E-state index in [2.05, 4.69) is 10.5 Å². The van der Waals surface area contributed by atoms with Crippen LogP contribution in [0.2, 0.25) is 0 Å². The minimum absolute atomic E-state index is 0.107. The van der Waals surface area contributed by atoms with Crippen LogP contribution in [0.5, 0.6) is 17.2 Å². The van der Waals surface area contributed by atoms with Gasteiger partial charge in [-0.2, -0.15) is 5.10 Å². The van der Waals surface area contributed by atoms with Gasteiger partial charge in [-0.25, -0.2) is 5.43 Å². The Bertz CT molecular complexity index is 1190. The lowest BCUT2D eigenvalue weighted by molar-refractivity contribution is -0.384. The summed E-state index contributed by atoms with van der Waals surface area (Å²) >= 11 is 0. The first-order valence-corrected chi connectivity index (χ1v) is 9.66. The van der Waals surface area contributed by atoms with Crippen LogP contribution in [-0.2, 0) is 11.2 Å². The highest BCUT2D eigenvalue weighted by Crippen LogP contribution is 2.34. The molecule has 1 aliphatic heterocycles. The van der Waals surface area contributed by atoms with Gasteiger partial charge in [0.15, 0.2) is 11.5 Å². The number of ether oxygens (including phenoxy) is 3. The molecule has 0 saturated heterocycles. The zero-order chi connectivity index (χ0) is 22.5. The van der Waals surface area contributed by atoms with Gasteiger partial charge in [-0.1, -0.05) is 6.07 Å². The number of amides is 1. The van der Waals surface area contributed by atoms with Gasteiger partial charge in [-0.05, 0) is 42.0 Å². The molecule has 1 N–H and O–H groups in total. The normalized spacial score (nSPS) is 12.5. The lowest BCUT2D eigenvalue weighted by Gasteiger charge is -2.18. The first-order valence-electron chi connectivity index (χ1n) is 9.66. The number of nitrogens with one attached hydrogen (secondary N) is 1. The number of furan rings is 1. The van der Waals surface area contributed by atoms with Gasteiger partial charge in [0.1, 0.15) is 30.5 Å². The van der Waals surface area contributed by atoms with Crippen LogP contribution in [0.15, 0.2) is 58.0 Å². The van der Waals surface area contributed by atoms with Crippen LogP contribution in [0.4, 0.5) is 5.69 Å². The number of carbonyl (C=O) groups is 1. The van der Waals surface area contributed by atoms with Crippen LogP contribution < -0.4 is 19.6 Å². The topological polar surface area (TPSA) is 125 Å². The summed E-state index contributed by atoms with van der Waals surface area (Å²) in [6.07, 6.45) is 1.43. The summed E-state index contributed by atoms with van der Waals surface area (Å²) in [6.45, 7) is 0.972. The summed E-state index contributed by atoms with van der Waals surface area (Å²) in [5.41, 5.74) is 3.35. The number of benzene rings is 2. The third kappa shape index (κ3) is 4.69. The third-order valence-corrected chi connectivity index (χ3v) is 4.65.